The quantitative estimate of drug-likeness (QED) is 0.736. The first-order valence-electron chi connectivity index (χ1n) is 7.08. The SMILES string of the molecule is CC1CCCC(n2c(=S)[nH]c3c(F)cc(F)cc32)C1C. The number of hydrogen-bond donors (Lipinski definition) is 1. The molecule has 1 N–H and O–H groups in total. The van der Waals surface area contributed by atoms with Gasteiger partial charge in [-0.3, -0.25) is 0 Å². The van der Waals surface area contributed by atoms with Gasteiger partial charge in [0.1, 0.15) is 11.3 Å². The summed E-state index contributed by atoms with van der Waals surface area (Å²) in [6.07, 6.45) is 3.34. The number of halogens is 2. The van der Waals surface area contributed by atoms with Crippen molar-refractivity contribution in [3.05, 3.63) is 28.5 Å². The van der Waals surface area contributed by atoms with Crippen molar-refractivity contribution in [2.75, 3.05) is 0 Å². The van der Waals surface area contributed by atoms with Crippen LogP contribution in [-0.2, 0) is 0 Å². The summed E-state index contributed by atoms with van der Waals surface area (Å²) in [6, 6.07) is 2.47. The molecule has 1 aromatic heterocycles. The Balaban J connectivity index is 2.20. The van der Waals surface area contributed by atoms with Gasteiger partial charge in [0.2, 0.25) is 0 Å². The first-order chi connectivity index (χ1) is 9.49. The summed E-state index contributed by atoms with van der Waals surface area (Å²) in [7, 11) is 0. The van der Waals surface area contributed by atoms with Crippen LogP contribution in [0.3, 0.4) is 0 Å². The summed E-state index contributed by atoms with van der Waals surface area (Å²) in [6.45, 7) is 4.43. The number of hydrogen-bond acceptors (Lipinski definition) is 1. The average Bonchev–Trinajstić information content (AvgIpc) is 2.70. The van der Waals surface area contributed by atoms with Crippen LogP contribution in [0, 0.1) is 28.2 Å². The number of aromatic amines is 1. The summed E-state index contributed by atoms with van der Waals surface area (Å²) in [5, 5.41) is 0. The smallest absolute Gasteiger partial charge is 0.178 e. The number of aromatic nitrogens is 2. The van der Waals surface area contributed by atoms with E-state index in [4.69, 9.17) is 12.2 Å². The second-order valence-corrected chi connectivity index (χ2v) is 6.30. The summed E-state index contributed by atoms with van der Waals surface area (Å²) >= 11 is 5.35. The minimum atomic E-state index is -0.582. The molecule has 1 saturated carbocycles. The Morgan fingerprint density at radius 3 is 2.75 bits per heavy atom. The van der Waals surface area contributed by atoms with Crippen LogP contribution in [0.15, 0.2) is 12.1 Å². The molecule has 108 valence electrons. The highest BCUT2D eigenvalue weighted by Crippen LogP contribution is 2.39. The normalized spacial score (nSPS) is 27.1. The summed E-state index contributed by atoms with van der Waals surface area (Å²) < 4.78 is 29.8. The van der Waals surface area contributed by atoms with Crippen LogP contribution in [0.2, 0.25) is 0 Å². The number of nitrogens with zero attached hydrogens (tertiary/aromatic N) is 1. The number of imidazole rings is 1. The zero-order chi connectivity index (χ0) is 14.4. The van der Waals surface area contributed by atoms with E-state index < -0.39 is 11.6 Å². The molecule has 0 radical (unpaired) electrons. The lowest BCUT2D eigenvalue weighted by molar-refractivity contribution is 0.188. The van der Waals surface area contributed by atoms with Crippen molar-refractivity contribution in [2.45, 2.75) is 39.2 Å². The Morgan fingerprint density at radius 1 is 1.25 bits per heavy atom. The monoisotopic (exact) mass is 296 g/mol. The lowest BCUT2D eigenvalue weighted by Gasteiger charge is -2.35. The van der Waals surface area contributed by atoms with Crippen LogP contribution < -0.4 is 0 Å². The maximum Gasteiger partial charge on any atom is 0.178 e. The van der Waals surface area contributed by atoms with E-state index in [1.54, 1.807) is 0 Å². The first-order valence-corrected chi connectivity index (χ1v) is 7.49. The van der Waals surface area contributed by atoms with E-state index in [-0.39, 0.29) is 6.04 Å². The second kappa shape index (κ2) is 4.95. The second-order valence-electron chi connectivity index (χ2n) is 5.92. The number of nitrogens with one attached hydrogen (secondary N) is 1. The lowest BCUT2D eigenvalue weighted by Crippen LogP contribution is -2.27. The first kappa shape index (κ1) is 13.7. The van der Waals surface area contributed by atoms with Gasteiger partial charge in [0.05, 0.1) is 5.52 Å². The molecule has 0 bridgehead atoms. The molecule has 1 aliphatic carbocycles. The molecule has 3 rings (SSSR count). The molecular weight excluding hydrogens is 278 g/mol. The van der Waals surface area contributed by atoms with Gasteiger partial charge < -0.3 is 9.55 Å². The van der Waals surface area contributed by atoms with Gasteiger partial charge in [0, 0.05) is 12.1 Å². The third kappa shape index (κ3) is 2.08. The van der Waals surface area contributed by atoms with E-state index in [9.17, 15) is 8.78 Å². The summed E-state index contributed by atoms with van der Waals surface area (Å²) in [4.78, 5) is 2.89. The van der Waals surface area contributed by atoms with Crippen molar-refractivity contribution >= 4 is 23.3 Å². The van der Waals surface area contributed by atoms with E-state index >= 15 is 0 Å². The molecule has 0 aliphatic heterocycles. The fraction of sp³-hybridized carbons (Fsp3) is 0.533. The molecule has 3 atom stereocenters. The van der Waals surface area contributed by atoms with Gasteiger partial charge in [-0.2, -0.15) is 0 Å². The highest BCUT2D eigenvalue weighted by Gasteiger charge is 2.30. The molecule has 1 heterocycles. The molecule has 3 unspecified atom stereocenters. The molecule has 1 aromatic carbocycles. The molecular formula is C15H18F2N2S. The number of rotatable bonds is 1. The van der Waals surface area contributed by atoms with Crippen molar-refractivity contribution in [1.29, 1.82) is 0 Å². The molecule has 20 heavy (non-hydrogen) atoms. The predicted octanol–water partition coefficient (Wildman–Crippen LogP) is 4.97. The van der Waals surface area contributed by atoms with Crippen LogP contribution in [0.5, 0.6) is 0 Å². The largest absolute Gasteiger partial charge is 0.328 e. The van der Waals surface area contributed by atoms with E-state index in [1.165, 1.54) is 12.5 Å². The fourth-order valence-corrected chi connectivity index (χ4v) is 3.73. The fourth-order valence-electron chi connectivity index (χ4n) is 3.40. The van der Waals surface area contributed by atoms with Gasteiger partial charge in [0.15, 0.2) is 10.6 Å². The van der Waals surface area contributed by atoms with E-state index in [0.717, 1.165) is 18.9 Å². The molecule has 0 amide bonds. The third-order valence-electron chi connectivity index (χ3n) is 4.74. The standard InChI is InChI=1S/C15H18F2N2S/c1-8-4-3-5-12(9(8)2)19-13-7-10(16)6-11(17)14(13)18-15(19)20/h6-9,12H,3-5H2,1-2H3,(H,18,20). The highest BCUT2D eigenvalue weighted by molar-refractivity contribution is 7.71. The van der Waals surface area contributed by atoms with Gasteiger partial charge in [-0.05, 0) is 36.5 Å². The van der Waals surface area contributed by atoms with Crippen LogP contribution >= 0.6 is 12.2 Å². The number of H-pyrrole nitrogens is 1. The third-order valence-corrected chi connectivity index (χ3v) is 5.04. The average molecular weight is 296 g/mol. The van der Waals surface area contributed by atoms with Crippen molar-refractivity contribution in [2.24, 2.45) is 11.8 Å². The summed E-state index contributed by atoms with van der Waals surface area (Å²) in [5.41, 5.74) is 0.847. The zero-order valence-electron chi connectivity index (χ0n) is 11.6. The Kier molecular flexibility index (Phi) is 3.40. The van der Waals surface area contributed by atoms with Crippen molar-refractivity contribution in [3.8, 4) is 0 Å². The zero-order valence-corrected chi connectivity index (χ0v) is 12.4. The van der Waals surface area contributed by atoms with Crippen molar-refractivity contribution in [3.63, 3.8) is 0 Å². The summed E-state index contributed by atoms with van der Waals surface area (Å²) in [5.74, 6) is -0.101. The van der Waals surface area contributed by atoms with E-state index in [1.807, 2.05) is 4.57 Å². The van der Waals surface area contributed by atoms with Gasteiger partial charge in [-0.15, -0.1) is 0 Å². The molecule has 0 saturated heterocycles. The number of fused-ring (bicyclic) bond motifs is 1. The highest BCUT2D eigenvalue weighted by atomic mass is 32.1. The van der Waals surface area contributed by atoms with Crippen LogP contribution in [-0.4, -0.2) is 9.55 Å². The van der Waals surface area contributed by atoms with Crippen LogP contribution in [0.1, 0.15) is 39.2 Å². The Hall–Kier alpha value is -1.23. The maximum atomic E-state index is 13.9. The van der Waals surface area contributed by atoms with Crippen molar-refractivity contribution in [1.82, 2.24) is 9.55 Å². The topological polar surface area (TPSA) is 20.7 Å². The van der Waals surface area contributed by atoms with Gasteiger partial charge >= 0.3 is 0 Å². The molecule has 0 spiro atoms. The molecule has 2 aromatic rings. The van der Waals surface area contributed by atoms with Gasteiger partial charge in [0.25, 0.3) is 0 Å². The molecule has 5 heteroatoms. The Morgan fingerprint density at radius 2 is 2.00 bits per heavy atom. The molecule has 1 fully saturated rings. The minimum absolute atomic E-state index is 0.209. The van der Waals surface area contributed by atoms with Gasteiger partial charge in [-0.25, -0.2) is 8.78 Å². The maximum absolute atomic E-state index is 13.9. The Bertz CT molecular complexity index is 704. The van der Waals surface area contributed by atoms with Gasteiger partial charge in [-0.1, -0.05) is 26.7 Å². The molecule has 2 nitrogen and oxygen atoms in total. The molecule has 1 aliphatic rings. The van der Waals surface area contributed by atoms with Crippen LogP contribution in [0.4, 0.5) is 8.78 Å². The van der Waals surface area contributed by atoms with E-state index in [0.29, 0.717) is 27.6 Å². The van der Waals surface area contributed by atoms with E-state index in [2.05, 4.69) is 18.8 Å². The minimum Gasteiger partial charge on any atom is -0.328 e. The van der Waals surface area contributed by atoms with Crippen LogP contribution in [0.25, 0.3) is 11.0 Å². The lowest BCUT2D eigenvalue weighted by atomic mass is 9.78. The van der Waals surface area contributed by atoms with Crippen molar-refractivity contribution < 1.29 is 8.78 Å². The number of benzene rings is 1. The predicted molar refractivity (Wildman–Crippen MR) is 78.3 cm³/mol. The Labute approximate surface area is 121 Å².